The molecule has 0 spiro atoms. The van der Waals surface area contributed by atoms with Gasteiger partial charge >= 0.3 is 0 Å². The van der Waals surface area contributed by atoms with Crippen LogP contribution in [0.1, 0.15) is 30.5 Å². The molecule has 0 aliphatic heterocycles. The second-order valence-corrected chi connectivity index (χ2v) is 5.29. The molecule has 0 aromatic heterocycles. The molecule has 0 N–H and O–H groups in total. The van der Waals surface area contributed by atoms with Gasteiger partial charge in [-0.25, -0.2) is 0 Å². The average Bonchev–Trinajstić information content (AvgIpc) is 2.42. The van der Waals surface area contributed by atoms with Crippen LogP contribution in [0.5, 0.6) is 5.75 Å². The van der Waals surface area contributed by atoms with Gasteiger partial charge in [0.1, 0.15) is 11.8 Å². The zero-order valence-corrected chi connectivity index (χ0v) is 12.4. The normalized spacial score (nSPS) is 10.4. The molecule has 0 saturated carbocycles. The minimum atomic E-state index is 0.0644. The van der Waals surface area contributed by atoms with Crippen molar-refractivity contribution in [3.05, 3.63) is 53.1 Å². The van der Waals surface area contributed by atoms with Crippen LogP contribution in [0.3, 0.4) is 0 Å². The van der Waals surface area contributed by atoms with E-state index in [4.69, 9.17) is 4.74 Å². The molecule has 0 unspecified atom stereocenters. The van der Waals surface area contributed by atoms with Crippen molar-refractivity contribution in [1.29, 1.82) is 5.26 Å². The molecule has 0 aliphatic rings. The van der Waals surface area contributed by atoms with Crippen molar-refractivity contribution in [1.82, 2.24) is 0 Å². The van der Waals surface area contributed by atoms with Gasteiger partial charge in [-0.2, -0.15) is 5.26 Å². The van der Waals surface area contributed by atoms with Crippen LogP contribution in [0, 0.1) is 25.2 Å². The van der Waals surface area contributed by atoms with E-state index in [9.17, 15) is 5.26 Å². The summed E-state index contributed by atoms with van der Waals surface area (Å²) in [5.74, 6) is 0.648. The minimum absolute atomic E-state index is 0.0644. The van der Waals surface area contributed by atoms with E-state index in [0.29, 0.717) is 11.3 Å². The number of rotatable bonds is 3. The van der Waals surface area contributed by atoms with E-state index in [-0.39, 0.29) is 6.10 Å². The van der Waals surface area contributed by atoms with Gasteiger partial charge in [0, 0.05) is 0 Å². The van der Waals surface area contributed by atoms with Gasteiger partial charge in [-0.1, -0.05) is 24.3 Å². The number of ether oxygens (including phenoxy) is 1. The molecule has 20 heavy (non-hydrogen) atoms. The Bertz CT molecular complexity index is 666. The highest BCUT2D eigenvalue weighted by Gasteiger charge is 2.08. The quantitative estimate of drug-likeness (QED) is 0.810. The van der Waals surface area contributed by atoms with Gasteiger partial charge in [-0.05, 0) is 62.1 Å². The van der Waals surface area contributed by atoms with Crippen molar-refractivity contribution in [3.8, 4) is 22.9 Å². The Kier molecular flexibility index (Phi) is 4.10. The van der Waals surface area contributed by atoms with Crippen LogP contribution in [0.25, 0.3) is 11.1 Å². The summed E-state index contributed by atoms with van der Waals surface area (Å²) in [6, 6.07) is 14.3. The zero-order chi connectivity index (χ0) is 14.7. The fraction of sp³-hybridized carbons (Fsp3) is 0.278. The summed E-state index contributed by atoms with van der Waals surface area (Å²) in [4.78, 5) is 0. The fourth-order valence-electron chi connectivity index (χ4n) is 2.07. The van der Waals surface area contributed by atoms with Gasteiger partial charge < -0.3 is 4.74 Å². The standard InChI is InChI=1S/C18H19NO/c1-12(2)20-18-8-7-16(10-17(18)11-19)15-6-5-13(3)14(4)9-15/h5-10,12H,1-4H3. The van der Waals surface area contributed by atoms with Gasteiger partial charge in [0.15, 0.2) is 0 Å². The van der Waals surface area contributed by atoms with Crippen LogP contribution in [-0.2, 0) is 0 Å². The van der Waals surface area contributed by atoms with Gasteiger partial charge in [0.25, 0.3) is 0 Å². The lowest BCUT2D eigenvalue weighted by molar-refractivity contribution is 0.242. The first kappa shape index (κ1) is 14.1. The Balaban J connectivity index is 2.43. The smallest absolute Gasteiger partial charge is 0.137 e. The molecule has 0 saturated heterocycles. The molecule has 0 heterocycles. The summed E-state index contributed by atoms with van der Waals surface area (Å²) in [5.41, 5.74) is 5.27. The number of nitriles is 1. The Hall–Kier alpha value is -2.27. The Morgan fingerprint density at radius 1 is 0.950 bits per heavy atom. The van der Waals surface area contributed by atoms with Crippen LogP contribution >= 0.6 is 0 Å². The van der Waals surface area contributed by atoms with Crippen LogP contribution < -0.4 is 4.74 Å². The highest BCUT2D eigenvalue weighted by Crippen LogP contribution is 2.28. The highest BCUT2D eigenvalue weighted by molar-refractivity contribution is 5.68. The van der Waals surface area contributed by atoms with Crippen molar-refractivity contribution < 1.29 is 4.74 Å². The second-order valence-electron chi connectivity index (χ2n) is 5.29. The molecule has 2 aromatic carbocycles. The summed E-state index contributed by atoms with van der Waals surface area (Å²) in [6.07, 6.45) is 0.0644. The van der Waals surface area contributed by atoms with Crippen molar-refractivity contribution in [2.45, 2.75) is 33.8 Å². The second kappa shape index (κ2) is 5.79. The maximum atomic E-state index is 9.27. The van der Waals surface area contributed by atoms with E-state index < -0.39 is 0 Å². The Morgan fingerprint density at radius 3 is 2.20 bits per heavy atom. The number of hydrogen-bond donors (Lipinski definition) is 0. The number of benzene rings is 2. The molecule has 0 radical (unpaired) electrons. The number of nitrogens with zero attached hydrogens (tertiary/aromatic N) is 1. The van der Waals surface area contributed by atoms with Crippen LogP contribution in [-0.4, -0.2) is 6.10 Å². The Labute approximate surface area is 120 Å². The van der Waals surface area contributed by atoms with Crippen LogP contribution in [0.15, 0.2) is 36.4 Å². The first-order valence-electron chi connectivity index (χ1n) is 6.79. The van der Waals surface area contributed by atoms with E-state index in [2.05, 4.69) is 38.1 Å². The largest absolute Gasteiger partial charge is 0.490 e. The third-order valence-corrected chi connectivity index (χ3v) is 3.30. The summed E-state index contributed by atoms with van der Waals surface area (Å²) >= 11 is 0. The summed E-state index contributed by atoms with van der Waals surface area (Å²) in [7, 11) is 0. The van der Waals surface area contributed by atoms with E-state index in [1.807, 2.05) is 32.0 Å². The SMILES string of the molecule is Cc1ccc(-c2ccc(OC(C)C)c(C#N)c2)cc1C. The highest BCUT2D eigenvalue weighted by atomic mass is 16.5. The lowest BCUT2D eigenvalue weighted by atomic mass is 9.99. The lowest BCUT2D eigenvalue weighted by Crippen LogP contribution is -2.06. The minimum Gasteiger partial charge on any atom is -0.490 e. The van der Waals surface area contributed by atoms with Crippen LogP contribution in [0.2, 0.25) is 0 Å². The first-order chi connectivity index (χ1) is 9.51. The van der Waals surface area contributed by atoms with Crippen molar-refractivity contribution in [3.63, 3.8) is 0 Å². The molecule has 0 fully saturated rings. The van der Waals surface area contributed by atoms with E-state index in [1.54, 1.807) is 0 Å². The molecule has 102 valence electrons. The molecule has 2 nitrogen and oxygen atoms in total. The van der Waals surface area contributed by atoms with Crippen molar-refractivity contribution >= 4 is 0 Å². The third kappa shape index (κ3) is 3.00. The molecular weight excluding hydrogens is 246 g/mol. The summed E-state index contributed by atoms with van der Waals surface area (Å²) in [5, 5.41) is 9.27. The topological polar surface area (TPSA) is 33.0 Å². The van der Waals surface area contributed by atoms with Crippen LogP contribution in [0.4, 0.5) is 0 Å². The number of aryl methyl sites for hydroxylation is 2. The number of hydrogen-bond acceptors (Lipinski definition) is 2. The predicted molar refractivity (Wildman–Crippen MR) is 81.8 cm³/mol. The van der Waals surface area contributed by atoms with Gasteiger partial charge in [0.2, 0.25) is 0 Å². The van der Waals surface area contributed by atoms with E-state index in [1.165, 1.54) is 11.1 Å². The van der Waals surface area contributed by atoms with Crippen molar-refractivity contribution in [2.24, 2.45) is 0 Å². The van der Waals surface area contributed by atoms with Gasteiger partial charge in [-0.15, -0.1) is 0 Å². The van der Waals surface area contributed by atoms with Gasteiger partial charge in [-0.3, -0.25) is 0 Å². The first-order valence-corrected chi connectivity index (χ1v) is 6.79. The maximum Gasteiger partial charge on any atom is 0.137 e. The molecule has 0 aliphatic carbocycles. The third-order valence-electron chi connectivity index (χ3n) is 3.30. The molecular formula is C18H19NO. The molecule has 2 heteroatoms. The maximum absolute atomic E-state index is 9.27. The fourth-order valence-corrected chi connectivity index (χ4v) is 2.07. The van der Waals surface area contributed by atoms with E-state index in [0.717, 1.165) is 11.1 Å². The molecule has 0 amide bonds. The van der Waals surface area contributed by atoms with Gasteiger partial charge in [0.05, 0.1) is 11.7 Å². The monoisotopic (exact) mass is 265 g/mol. The van der Waals surface area contributed by atoms with Crippen molar-refractivity contribution in [2.75, 3.05) is 0 Å². The molecule has 0 atom stereocenters. The predicted octanol–water partition coefficient (Wildman–Crippen LogP) is 4.63. The van der Waals surface area contributed by atoms with E-state index >= 15 is 0 Å². The molecule has 2 rings (SSSR count). The average molecular weight is 265 g/mol. The summed E-state index contributed by atoms with van der Waals surface area (Å²) in [6.45, 7) is 8.11. The lowest BCUT2D eigenvalue weighted by Gasteiger charge is -2.12. The Morgan fingerprint density at radius 2 is 1.60 bits per heavy atom. The summed E-state index contributed by atoms with van der Waals surface area (Å²) < 4.78 is 5.65. The molecule has 0 bridgehead atoms. The zero-order valence-electron chi connectivity index (χ0n) is 12.4. The molecule has 2 aromatic rings.